The Morgan fingerprint density at radius 2 is 1.79 bits per heavy atom. The number of carbonyl (C=O) groups is 2. The minimum atomic E-state index is -0.658. The first-order valence-corrected chi connectivity index (χ1v) is 7.97. The molecule has 0 aliphatic heterocycles. The van der Waals surface area contributed by atoms with Gasteiger partial charge in [-0.15, -0.1) is 0 Å². The summed E-state index contributed by atoms with van der Waals surface area (Å²) < 4.78 is 0. The lowest BCUT2D eigenvalue weighted by Crippen LogP contribution is -2.27. The fourth-order valence-electron chi connectivity index (χ4n) is 2.60. The molecule has 8 heteroatoms. The maximum atomic E-state index is 12.4. The number of anilines is 2. The van der Waals surface area contributed by atoms with Crippen LogP contribution >= 0.6 is 23.2 Å². The first-order chi connectivity index (χ1) is 11.4. The van der Waals surface area contributed by atoms with Crippen LogP contribution in [0.1, 0.15) is 39.3 Å². The van der Waals surface area contributed by atoms with Crippen molar-refractivity contribution in [1.82, 2.24) is 4.98 Å². The van der Waals surface area contributed by atoms with E-state index in [-0.39, 0.29) is 27.1 Å². The molecular formula is C16H13Cl2N3O3. The first kappa shape index (κ1) is 16.5. The van der Waals surface area contributed by atoms with Crippen molar-refractivity contribution in [2.75, 3.05) is 11.1 Å². The lowest BCUT2D eigenvalue weighted by atomic mass is 9.93. The van der Waals surface area contributed by atoms with Crippen molar-refractivity contribution in [1.29, 1.82) is 0 Å². The van der Waals surface area contributed by atoms with Crippen LogP contribution in [0.25, 0.3) is 0 Å². The van der Waals surface area contributed by atoms with Crippen molar-refractivity contribution >= 4 is 46.3 Å². The number of amides is 1. The fraction of sp³-hybridized carbons (Fsp3) is 0.188. The molecular weight excluding hydrogens is 353 g/mol. The molecule has 1 aromatic heterocycles. The van der Waals surface area contributed by atoms with Crippen molar-refractivity contribution < 1.29 is 9.59 Å². The molecule has 124 valence electrons. The van der Waals surface area contributed by atoms with E-state index in [1.807, 2.05) is 0 Å². The molecule has 0 saturated carbocycles. The highest BCUT2D eigenvalue weighted by atomic mass is 35.5. The molecule has 0 spiro atoms. The highest BCUT2D eigenvalue weighted by Crippen LogP contribution is 2.31. The van der Waals surface area contributed by atoms with Gasteiger partial charge in [-0.2, -0.15) is 0 Å². The molecule has 1 amide bonds. The van der Waals surface area contributed by atoms with E-state index in [0.29, 0.717) is 36.2 Å². The zero-order valence-electron chi connectivity index (χ0n) is 12.4. The summed E-state index contributed by atoms with van der Waals surface area (Å²) >= 11 is 11.8. The number of hydrogen-bond donors (Lipinski definition) is 3. The van der Waals surface area contributed by atoms with Crippen LogP contribution in [0, 0.1) is 0 Å². The summed E-state index contributed by atoms with van der Waals surface area (Å²) in [5.74, 6) is -0.741. The zero-order chi connectivity index (χ0) is 17.4. The maximum absolute atomic E-state index is 12.4. The summed E-state index contributed by atoms with van der Waals surface area (Å²) in [6.07, 6.45) is 1.71. The number of aromatic nitrogens is 1. The second-order valence-corrected chi connectivity index (χ2v) is 6.30. The molecule has 6 nitrogen and oxygen atoms in total. The first-order valence-electron chi connectivity index (χ1n) is 7.22. The topological polar surface area (TPSA) is 105 Å². The Balaban J connectivity index is 1.95. The number of H-pyrrole nitrogens is 1. The molecule has 0 bridgehead atoms. The van der Waals surface area contributed by atoms with E-state index in [2.05, 4.69) is 10.3 Å². The van der Waals surface area contributed by atoms with Gasteiger partial charge in [0.15, 0.2) is 5.78 Å². The second-order valence-electron chi connectivity index (χ2n) is 5.49. The van der Waals surface area contributed by atoms with Gasteiger partial charge in [-0.05, 0) is 31.0 Å². The number of halogens is 2. The molecule has 0 atom stereocenters. The number of fused-ring (bicyclic) bond motifs is 1. The number of nitrogen functional groups attached to an aromatic ring is 1. The minimum absolute atomic E-state index is 0.0832. The summed E-state index contributed by atoms with van der Waals surface area (Å²) in [5.41, 5.74) is 6.41. The summed E-state index contributed by atoms with van der Waals surface area (Å²) in [5, 5.41) is 2.91. The van der Waals surface area contributed by atoms with E-state index < -0.39 is 11.5 Å². The van der Waals surface area contributed by atoms with Crippen LogP contribution in [-0.2, 0) is 6.42 Å². The van der Waals surface area contributed by atoms with Crippen molar-refractivity contribution in [3.63, 3.8) is 0 Å². The van der Waals surface area contributed by atoms with Gasteiger partial charge < -0.3 is 16.0 Å². The zero-order valence-corrected chi connectivity index (χ0v) is 13.9. The molecule has 0 unspecified atom stereocenters. The van der Waals surface area contributed by atoms with Gasteiger partial charge in [0.25, 0.3) is 11.5 Å². The molecule has 2 aromatic rings. The number of rotatable bonds is 2. The lowest BCUT2D eigenvalue weighted by molar-refractivity contribution is 0.0971. The number of nitrogens with two attached hydrogens (primary N) is 1. The molecule has 3 rings (SSSR count). The van der Waals surface area contributed by atoms with Gasteiger partial charge in [-0.3, -0.25) is 14.4 Å². The number of carbonyl (C=O) groups excluding carboxylic acids is 2. The third-order valence-corrected chi connectivity index (χ3v) is 4.46. The van der Waals surface area contributed by atoms with Crippen molar-refractivity contribution in [2.24, 2.45) is 0 Å². The Hall–Kier alpha value is -2.31. The largest absolute Gasteiger partial charge is 0.396 e. The number of nitrogens with one attached hydrogen (secondary N) is 2. The van der Waals surface area contributed by atoms with Crippen LogP contribution in [0.5, 0.6) is 0 Å². The van der Waals surface area contributed by atoms with Gasteiger partial charge in [0.2, 0.25) is 0 Å². The second kappa shape index (κ2) is 6.30. The Kier molecular flexibility index (Phi) is 4.34. The average Bonchev–Trinajstić information content (AvgIpc) is 2.52. The van der Waals surface area contributed by atoms with Gasteiger partial charge in [0, 0.05) is 23.4 Å². The van der Waals surface area contributed by atoms with E-state index in [9.17, 15) is 14.4 Å². The maximum Gasteiger partial charge on any atom is 0.261 e. The monoisotopic (exact) mass is 365 g/mol. The number of pyridine rings is 1. The van der Waals surface area contributed by atoms with Gasteiger partial charge >= 0.3 is 0 Å². The number of ketones is 1. The Morgan fingerprint density at radius 1 is 1.12 bits per heavy atom. The molecule has 0 fully saturated rings. The van der Waals surface area contributed by atoms with Crippen LogP contribution in [0.4, 0.5) is 11.4 Å². The number of Topliss-reactive ketones (excluding diaryl/α,β-unsaturated/α-hetero) is 1. The molecule has 1 aromatic carbocycles. The highest BCUT2D eigenvalue weighted by molar-refractivity contribution is 6.39. The molecule has 1 aliphatic carbocycles. The van der Waals surface area contributed by atoms with Crippen LogP contribution in [-0.4, -0.2) is 16.7 Å². The molecule has 0 radical (unpaired) electrons. The van der Waals surface area contributed by atoms with Crippen LogP contribution in [0.2, 0.25) is 10.0 Å². The van der Waals surface area contributed by atoms with Crippen molar-refractivity contribution in [2.45, 2.75) is 19.3 Å². The Morgan fingerprint density at radius 3 is 2.46 bits per heavy atom. The lowest BCUT2D eigenvalue weighted by Gasteiger charge is -2.15. The smallest absolute Gasteiger partial charge is 0.261 e. The standard InChI is InChI=1S/C16H13Cl2N3O3/c17-10-4-7(5-11(18)14(10)19)20-15(23)9-6-8-12(21-16(9)24)2-1-3-13(8)22/h4-6H,1-3,19H2,(H,20,23)(H,21,24). The third kappa shape index (κ3) is 3.02. The van der Waals surface area contributed by atoms with Crippen LogP contribution in [0.15, 0.2) is 23.0 Å². The van der Waals surface area contributed by atoms with E-state index >= 15 is 0 Å². The molecule has 24 heavy (non-hydrogen) atoms. The van der Waals surface area contributed by atoms with Crippen molar-refractivity contribution in [3.8, 4) is 0 Å². The van der Waals surface area contributed by atoms with Gasteiger partial charge in [-0.25, -0.2) is 0 Å². The summed E-state index contributed by atoms with van der Waals surface area (Å²) in [6.45, 7) is 0. The molecule has 1 aliphatic rings. The van der Waals surface area contributed by atoms with Gasteiger partial charge in [0.1, 0.15) is 5.56 Å². The number of aromatic amines is 1. The molecule has 0 saturated heterocycles. The fourth-order valence-corrected chi connectivity index (χ4v) is 3.09. The quantitative estimate of drug-likeness (QED) is 0.711. The molecule has 1 heterocycles. The highest BCUT2D eigenvalue weighted by Gasteiger charge is 2.22. The predicted molar refractivity (Wildman–Crippen MR) is 93.2 cm³/mol. The number of hydrogen-bond acceptors (Lipinski definition) is 4. The summed E-state index contributed by atoms with van der Waals surface area (Å²) in [4.78, 5) is 39.1. The normalized spacial score (nSPS) is 13.5. The Labute approximate surface area is 147 Å². The van der Waals surface area contributed by atoms with E-state index in [0.717, 1.165) is 0 Å². The van der Waals surface area contributed by atoms with E-state index in [1.54, 1.807) is 0 Å². The van der Waals surface area contributed by atoms with E-state index in [1.165, 1.54) is 18.2 Å². The van der Waals surface area contributed by atoms with Crippen LogP contribution < -0.4 is 16.6 Å². The van der Waals surface area contributed by atoms with Gasteiger partial charge in [0.05, 0.1) is 15.7 Å². The van der Waals surface area contributed by atoms with Gasteiger partial charge in [-0.1, -0.05) is 23.2 Å². The predicted octanol–water partition coefficient (Wildman–Crippen LogP) is 3.04. The third-order valence-electron chi connectivity index (χ3n) is 3.84. The van der Waals surface area contributed by atoms with Crippen molar-refractivity contribution in [3.05, 3.63) is 55.4 Å². The average molecular weight is 366 g/mol. The minimum Gasteiger partial charge on any atom is -0.396 e. The summed E-state index contributed by atoms with van der Waals surface area (Å²) in [6, 6.07) is 4.20. The molecule has 4 N–H and O–H groups in total. The van der Waals surface area contributed by atoms with E-state index in [4.69, 9.17) is 28.9 Å². The number of benzene rings is 1. The summed E-state index contributed by atoms with van der Waals surface area (Å²) in [7, 11) is 0. The SMILES string of the molecule is Nc1c(Cl)cc(NC(=O)c2cc3c([nH]c2=O)CCCC3=O)cc1Cl. The van der Waals surface area contributed by atoms with Crippen LogP contribution in [0.3, 0.4) is 0 Å². The number of aryl methyl sites for hydroxylation is 1. The Bertz CT molecular complexity index is 898.